The van der Waals surface area contributed by atoms with Gasteiger partial charge in [-0.3, -0.25) is 4.79 Å². The molecule has 0 radical (unpaired) electrons. The lowest BCUT2D eigenvalue weighted by Crippen LogP contribution is -2.40. The summed E-state index contributed by atoms with van der Waals surface area (Å²) in [7, 11) is 0. The number of benzene rings is 1. The molecule has 88 valence electrons. The molecule has 2 nitrogen and oxygen atoms in total. The maximum absolute atomic E-state index is 12.8. The smallest absolute Gasteiger partial charge is 0.252 e. The standard InChI is InChI=1S/C12H15F2NO/c1-12(2,3)15-11(16)10-5-4-9(14)6-8(10)7-13/h4-6H,7H2,1-3H3,(H,15,16). The molecule has 1 aromatic rings. The Morgan fingerprint density at radius 2 is 2.00 bits per heavy atom. The van der Waals surface area contributed by atoms with E-state index >= 15 is 0 Å². The van der Waals surface area contributed by atoms with Crippen molar-refractivity contribution in [1.82, 2.24) is 5.32 Å². The van der Waals surface area contributed by atoms with Crippen molar-refractivity contribution in [2.45, 2.75) is 33.0 Å². The van der Waals surface area contributed by atoms with E-state index in [-0.39, 0.29) is 17.0 Å². The first-order valence-corrected chi connectivity index (χ1v) is 5.00. The fraction of sp³-hybridized carbons (Fsp3) is 0.417. The third-order valence-corrected chi connectivity index (χ3v) is 1.94. The molecule has 0 saturated heterocycles. The lowest BCUT2D eigenvalue weighted by molar-refractivity contribution is 0.0917. The highest BCUT2D eigenvalue weighted by Crippen LogP contribution is 2.14. The van der Waals surface area contributed by atoms with Gasteiger partial charge in [-0.15, -0.1) is 0 Å². The number of carbonyl (C=O) groups is 1. The maximum atomic E-state index is 12.8. The van der Waals surface area contributed by atoms with Gasteiger partial charge in [-0.25, -0.2) is 8.78 Å². The van der Waals surface area contributed by atoms with E-state index in [1.807, 2.05) is 20.8 Å². The van der Waals surface area contributed by atoms with Crippen molar-refractivity contribution < 1.29 is 13.6 Å². The van der Waals surface area contributed by atoms with Crippen LogP contribution in [0.1, 0.15) is 36.7 Å². The third kappa shape index (κ3) is 3.29. The predicted molar refractivity (Wildman–Crippen MR) is 58.4 cm³/mol. The Hall–Kier alpha value is -1.45. The van der Waals surface area contributed by atoms with Gasteiger partial charge in [0.25, 0.3) is 5.91 Å². The van der Waals surface area contributed by atoms with Gasteiger partial charge in [0.2, 0.25) is 0 Å². The zero-order valence-corrected chi connectivity index (χ0v) is 9.60. The number of halogens is 2. The molecule has 0 aromatic heterocycles. The summed E-state index contributed by atoms with van der Waals surface area (Å²) in [5, 5.41) is 2.70. The highest BCUT2D eigenvalue weighted by molar-refractivity contribution is 5.96. The summed E-state index contributed by atoms with van der Waals surface area (Å²) in [5.41, 5.74) is -0.153. The number of hydrogen-bond acceptors (Lipinski definition) is 1. The molecule has 1 amide bonds. The van der Waals surface area contributed by atoms with E-state index in [0.29, 0.717) is 0 Å². The molecule has 0 heterocycles. The van der Waals surface area contributed by atoms with Crippen LogP contribution in [0, 0.1) is 5.82 Å². The SMILES string of the molecule is CC(C)(C)NC(=O)c1ccc(F)cc1CF. The molecule has 4 heteroatoms. The molecule has 0 atom stereocenters. The largest absolute Gasteiger partial charge is 0.347 e. The number of alkyl halides is 1. The second kappa shape index (κ2) is 4.60. The molecule has 0 saturated carbocycles. The second-order valence-corrected chi connectivity index (χ2v) is 4.64. The van der Waals surface area contributed by atoms with Crippen LogP contribution in [-0.2, 0) is 6.67 Å². The number of rotatable bonds is 2. The number of amides is 1. The van der Waals surface area contributed by atoms with Crippen molar-refractivity contribution in [2.24, 2.45) is 0 Å². The van der Waals surface area contributed by atoms with Crippen LogP contribution in [-0.4, -0.2) is 11.4 Å². The topological polar surface area (TPSA) is 29.1 Å². The minimum atomic E-state index is -0.856. The Morgan fingerprint density at radius 3 is 2.50 bits per heavy atom. The van der Waals surface area contributed by atoms with Gasteiger partial charge in [-0.2, -0.15) is 0 Å². The monoisotopic (exact) mass is 227 g/mol. The normalized spacial score (nSPS) is 11.3. The highest BCUT2D eigenvalue weighted by atomic mass is 19.1. The van der Waals surface area contributed by atoms with E-state index in [4.69, 9.17) is 0 Å². The van der Waals surface area contributed by atoms with Crippen molar-refractivity contribution in [3.8, 4) is 0 Å². The van der Waals surface area contributed by atoms with E-state index in [9.17, 15) is 13.6 Å². The van der Waals surface area contributed by atoms with Gasteiger partial charge in [-0.05, 0) is 44.5 Å². The van der Waals surface area contributed by atoms with E-state index in [1.165, 1.54) is 6.07 Å². The summed E-state index contributed by atoms with van der Waals surface area (Å²) >= 11 is 0. The van der Waals surface area contributed by atoms with Crippen molar-refractivity contribution in [3.63, 3.8) is 0 Å². The van der Waals surface area contributed by atoms with Crippen LogP contribution in [0.2, 0.25) is 0 Å². The Labute approximate surface area is 93.7 Å². The molecule has 0 unspecified atom stereocenters. The first-order chi connectivity index (χ1) is 7.33. The van der Waals surface area contributed by atoms with Crippen LogP contribution in [0.3, 0.4) is 0 Å². The molecule has 0 spiro atoms. The second-order valence-electron chi connectivity index (χ2n) is 4.64. The lowest BCUT2D eigenvalue weighted by atomic mass is 10.0. The van der Waals surface area contributed by atoms with Crippen LogP contribution in [0.4, 0.5) is 8.78 Å². The van der Waals surface area contributed by atoms with Gasteiger partial charge in [0.05, 0.1) is 0 Å². The summed E-state index contributed by atoms with van der Waals surface area (Å²) in [5.74, 6) is -0.930. The summed E-state index contributed by atoms with van der Waals surface area (Å²) < 4.78 is 25.4. The van der Waals surface area contributed by atoms with Gasteiger partial charge < -0.3 is 5.32 Å². The molecule has 0 aliphatic rings. The highest BCUT2D eigenvalue weighted by Gasteiger charge is 2.18. The fourth-order valence-electron chi connectivity index (χ4n) is 1.30. The average Bonchev–Trinajstić information content (AvgIpc) is 2.14. The van der Waals surface area contributed by atoms with Gasteiger partial charge in [-0.1, -0.05) is 0 Å². The van der Waals surface area contributed by atoms with Crippen LogP contribution in [0.15, 0.2) is 18.2 Å². The van der Waals surface area contributed by atoms with Crippen LogP contribution < -0.4 is 5.32 Å². The van der Waals surface area contributed by atoms with Gasteiger partial charge in [0.15, 0.2) is 0 Å². The van der Waals surface area contributed by atoms with Gasteiger partial charge in [0.1, 0.15) is 12.5 Å². The van der Waals surface area contributed by atoms with Crippen molar-refractivity contribution in [1.29, 1.82) is 0 Å². The van der Waals surface area contributed by atoms with Crippen LogP contribution >= 0.6 is 0 Å². The molecule has 1 rings (SSSR count). The van der Waals surface area contributed by atoms with E-state index in [1.54, 1.807) is 0 Å². The zero-order valence-electron chi connectivity index (χ0n) is 9.60. The molecule has 0 bridgehead atoms. The van der Waals surface area contributed by atoms with Gasteiger partial charge in [0, 0.05) is 11.1 Å². The van der Waals surface area contributed by atoms with E-state index < -0.39 is 18.0 Å². The quantitative estimate of drug-likeness (QED) is 0.827. The maximum Gasteiger partial charge on any atom is 0.252 e. The summed E-state index contributed by atoms with van der Waals surface area (Å²) in [4.78, 5) is 11.8. The van der Waals surface area contributed by atoms with Crippen molar-refractivity contribution in [3.05, 3.63) is 35.1 Å². The van der Waals surface area contributed by atoms with E-state index in [2.05, 4.69) is 5.32 Å². The Morgan fingerprint density at radius 1 is 1.38 bits per heavy atom. The first-order valence-electron chi connectivity index (χ1n) is 5.00. The Bertz CT molecular complexity index is 396. The Kier molecular flexibility index (Phi) is 3.62. The van der Waals surface area contributed by atoms with Crippen molar-refractivity contribution in [2.75, 3.05) is 0 Å². The first kappa shape index (κ1) is 12.6. The molecule has 16 heavy (non-hydrogen) atoms. The number of hydrogen-bond donors (Lipinski definition) is 1. The van der Waals surface area contributed by atoms with Crippen LogP contribution in [0.25, 0.3) is 0 Å². The minimum absolute atomic E-state index is 0.0711. The minimum Gasteiger partial charge on any atom is -0.347 e. The lowest BCUT2D eigenvalue weighted by Gasteiger charge is -2.21. The molecule has 1 aromatic carbocycles. The number of carbonyl (C=O) groups excluding carboxylic acids is 1. The van der Waals surface area contributed by atoms with Crippen molar-refractivity contribution >= 4 is 5.91 Å². The molecule has 0 fully saturated rings. The summed E-state index contributed by atoms with van der Waals surface area (Å²) in [6, 6.07) is 3.49. The summed E-state index contributed by atoms with van der Waals surface area (Å²) in [6.07, 6.45) is 0. The molecule has 1 N–H and O–H groups in total. The zero-order chi connectivity index (χ0) is 12.3. The Balaban J connectivity index is 2.99. The average molecular weight is 227 g/mol. The molecular weight excluding hydrogens is 212 g/mol. The van der Waals surface area contributed by atoms with E-state index in [0.717, 1.165) is 12.1 Å². The molecule has 0 aliphatic heterocycles. The summed E-state index contributed by atoms with van der Waals surface area (Å²) in [6.45, 7) is 4.61. The number of nitrogens with one attached hydrogen (secondary N) is 1. The predicted octanol–water partition coefficient (Wildman–Crippen LogP) is 2.82. The van der Waals surface area contributed by atoms with Gasteiger partial charge >= 0.3 is 0 Å². The fourth-order valence-corrected chi connectivity index (χ4v) is 1.30. The van der Waals surface area contributed by atoms with Crippen LogP contribution in [0.5, 0.6) is 0 Å². The molecular formula is C12H15F2NO. The molecule has 0 aliphatic carbocycles. The third-order valence-electron chi connectivity index (χ3n) is 1.94.